The molecule has 0 aliphatic rings. The van der Waals surface area contributed by atoms with Crippen LogP contribution in [-0.4, -0.2) is 41.5 Å². The summed E-state index contributed by atoms with van der Waals surface area (Å²) in [6.07, 6.45) is 1.26. The largest absolute Gasteiger partial charge is 0.443 e. The first-order chi connectivity index (χ1) is 15.8. The third-order valence-corrected chi connectivity index (χ3v) is 8.37. The number of hydrogen-bond donors (Lipinski definition) is 0. The second-order valence-electron chi connectivity index (χ2n) is 9.93. The van der Waals surface area contributed by atoms with Crippen LogP contribution in [0.5, 0.6) is 0 Å². The van der Waals surface area contributed by atoms with Gasteiger partial charge < -0.3 is 4.74 Å². The second kappa shape index (κ2) is 8.78. The number of fused-ring (bicyclic) bond motifs is 2. The molecule has 0 radical (unpaired) electrons. The normalized spacial score (nSPS) is 14.1. The van der Waals surface area contributed by atoms with Crippen LogP contribution >= 0.6 is 34.5 Å². The van der Waals surface area contributed by atoms with Crippen LogP contribution in [0.25, 0.3) is 15.9 Å². The van der Waals surface area contributed by atoms with Crippen LogP contribution in [0.2, 0.25) is 10.2 Å². The van der Waals surface area contributed by atoms with Gasteiger partial charge in [0, 0.05) is 26.9 Å². The van der Waals surface area contributed by atoms with Crippen LogP contribution in [-0.2, 0) is 9.90 Å². The molecule has 3 aromatic heterocycles. The molecule has 0 N–H and O–H groups in total. The molecule has 0 fully saturated rings. The van der Waals surface area contributed by atoms with Crippen LogP contribution in [0.1, 0.15) is 58.0 Å². The minimum absolute atomic E-state index is 0.183. The maximum atomic E-state index is 13.7. The van der Waals surface area contributed by atoms with Crippen molar-refractivity contribution in [3.8, 4) is 0 Å². The topological polar surface area (TPSA) is 72.6 Å². The number of carbonyl (C=O) groups excluding carboxylic acids is 1. The number of nitrogens with zero attached hydrogens (tertiary/aromatic N) is 5. The molecule has 0 saturated heterocycles. The smallest absolute Gasteiger partial charge is 0.416 e. The average molecular weight is 537 g/mol. The number of amides is 1. The highest BCUT2D eigenvalue weighted by Crippen LogP contribution is 2.38. The summed E-state index contributed by atoms with van der Waals surface area (Å²) in [5, 5.41) is 5.45. The molecule has 1 unspecified atom stereocenters. The van der Waals surface area contributed by atoms with E-state index >= 15 is 0 Å². The molecular weight excluding hydrogens is 509 g/mol. The van der Waals surface area contributed by atoms with Crippen LogP contribution in [0.15, 0.2) is 30.5 Å². The number of hydrogen-bond acceptors (Lipinski definition) is 6. The third kappa shape index (κ3) is 4.66. The fourth-order valence-corrected chi connectivity index (χ4v) is 5.89. The van der Waals surface area contributed by atoms with Gasteiger partial charge in [0.15, 0.2) is 5.65 Å². The molecular formula is C23H27Cl2N5O2SSi. The molecule has 1 atom stereocenters. The fourth-order valence-electron chi connectivity index (χ4n) is 3.68. The molecule has 1 aromatic carbocycles. The second-order valence-corrected chi connectivity index (χ2v) is 13.7. The molecule has 3 heterocycles. The Morgan fingerprint density at radius 1 is 1.18 bits per heavy atom. The molecule has 0 bridgehead atoms. The Bertz CT molecular complexity index is 1390. The van der Waals surface area contributed by atoms with Crippen molar-refractivity contribution in [3.63, 3.8) is 0 Å². The molecule has 0 saturated carbocycles. The van der Waals surface area contributed by atoms with Crippen LogP contribution in [0, 0.1) is 0 Å². The van der Waals surface area contributed by atoms with Gasteiger partial charge in [0.05, 0.1) is 21.6 Å². The van der Waals surface area contributed by atoms with Gasteiger partial charge in [-0.25, -0.2) is 14.8 Å². The number of benzene rings is 1. The number of rotatable bonds is 4. The van der Waals surface area contributed by atoms with Gasteiger partial charge in [-0.1, -0.05) is 37.0 Å². The van der Waals surface area contributed by atoms with E-state index in [0.717, 1.165) is 20.8 Å². The molecule has 4 aromatic rings. The van der Waals surface area contributed by atoms with Crippen LogP contribution in [0.3, 0.4) is 0 Å². The zero-order valence-corrected chi connectivity index (χ0v) is 24.5. The van der Waals surface area contributed by atoms with Gasteiger partial charge in [-0.15, -0.1) is 11.3 Å². The highest BCUT2D eigenvalue weighted by molar-refractivity contribution is 7.19. The number of aromatic nitrogens is 4. The quantitative estimate of drug-likeness (QED) is 0.245. The monoisotopic (exact) mass is 535 g/mol. The van der Waals surface area contributed by atoms with Gasteiger partial charge in [-0.3, -0.25) is 4.90 Å². The molecule has 1 amide bonds. The van der Waals surface area contributed by atoms with E-state index in [1.807, 2.05) is 45.9 Å². The van der Waals surface area contributed by atoms with E-state index in [9.17, 15) is 4.79 Å². The number of halogens is 2. The lowest BCUT2D eigenvalue weighted by molar-refractivity contribution is 0.0557. The summed E-state index contributed by atoms with van der Waals surface area (Å²) in [5.74, 6) is 0.661. The predicted octanol–water partition coefficient (Wildman–Crippen LogP) is 5.75. The molecule has 11 heteroatoms. The minimum atomic E-state index is -0.778. The summed E-state index contributed by atoms with van der Waals surface area (Å²) in [7, 11) is 0.542. The first kappa shape index (κ1) is 24.9. The maximum absolute atomic E-state index is 13.7. The molecule has 0 aliphatic carbocycles. The van der Waals surface area contributed by atoms with E-state index in [-0.39, 0.29) is 11.1 Å². The van der Waals surface area contributed by atoms with Gasteiger partial charge in [0.25, 0.3) is 0 Å². The van der Waals surface area contributed by atoms with E-state index in [4.69, 9.17) is 32.9 Å². The van der Waals surface area contributed by atoms with E-state index < -0.39 is 16.9 Å². The van der Waals surface area contributed by atoms with Gasteiger partial charge in [-0.2, -0.15) is 9.61 Å². The average Bonchev–Trinajstić information content (AvgIpc) is 3.30. The summed E-state index contributed by atoms with van der Waals surface area (Å²) in [4.78, 5) is 24.7. The zero-order valence-electron chi connectivity index (χ0n) is 20.2. The lowest BCUT2D eigenvalue weighted by Gasteiger charge is -2.38. The number of ether oxygens (including phenoxy) is 1. The molecule has 180 valence electrons. The van der Waals surface area contributed by atoms with E-state index in [0.29, 0.717) is 26.7 Å². The Labute approximate surface area is 215 Å². The maximum Gasteiger partial charge on any atom is 0.416 e. The Hall–Kier alpha value is -2.20. The standard InChI is InChI=1S/C23H27Cl2N5O2SSi/c1-12(2)14-11-26-30-18(10-17(25)28-19(14)30)29(21(31)32-22(3,4)5)23(6,34)20-27-15-9-13(24)7-8-16(15)33-20/h7-12H,1-6,34H3. The summed E-state index contributed by atoms with van der Waals surface area (Å²) < 4.78 is 8.51. The zero-order chi connectivity index (χ0) is 25.0. The first-order valence-corrected chi connectivity index (χ1v) is 13.5. The van der Waals surface area contributed by atoms with E-state index in [1.165, 1.54) is 11.3 Å². The van der Waals surface area contributed by atoms with Crippen molar-refractivity contribution in [2.45, 2.75) is 58.2 Å². The first-order valence-electron chi connectivity index (χ1n) is 10.9. The van der Waals surface area contributed by atoms with E-state index in [1.54, 1.807) is 21.7 Å². The molecule has 0 spiro atoms. The predicted molar refractivity (Wildman–Crippen MR) is 143 cm³/mol. The molecule has 7 nitrogen and oxygen atoms in total. The van der Waals surface area contributed by atoms with Gasteiger partial charge in [-0.05, 0) is 51.8 Å². The van der Waals surface area contributed by atoms with Crippen molar-refractivity contribution in [2.75, 3.05) is 4.90 Å². The Morgan fingerprint density at radius 2 is 1.88 bits per heavy atom. The van der Waals surface area contributed by atoms with Crippen molar-refractivity contribution >= 4 is 72.6 Å². The highest BCUT2D eigenvalue weighted by Gasteiger charge is 2.41. The van der Waals surface area contributed by atoms with Crippen molar-refractivity contribution in [3.05, 3.63) is 51.2 Å². The Kier molecular flexibility index (Phi) is 6.43. The van der Waals surface area contributed by atoms with Gasteiger partial charge >= 0.3 is 6.09 Å². The summed E-state index contributed by atoms with van der Waals surface area (Å²) in [6.45, 7) is 11.6. The summed E-state index contributed by atoms with van der Waals surface area (Å²) in [6, 6.07) is 7.26. The minimum Gasteiger partial charge on any atom is -0.443 e. The van der Waals surface area contributed by atoms with Gasteiger partial charge in [0.1, 0.15) is 21.6 Å². The number of thiazole rings is 1. The fraction of sp³-hybridized carbons (Fsp3) is 0.391. The van der Waals surface area contributed by atoms with Crippen molar-refractivity contribution in [2.24, 2.45) is 0 Å². The highest BCUT2D eigenvalue weighted by atomic mass is 35.5. The number of carbonyl (C=O) groups is 1. The Balaban J connectivity index is 1.95. The Morgan fingerprint density at radius 3 is 2.53 bits per heavy atom. The molecule has 4 rings (SSSR count). The molecule has 0 aliphatic heterocycles. The summed E-state index contributed by atoms with van der Waals surface area (Å²) >= 11 is 14.2. The number of anilines is 1. The summed E-state index contributed by atoms with van der Waals surface area (Å²) in [5.41, 5.74) is 1.65. The van der Waals surface area contributed by atoms with Gasteiger partial charge in [0.2, 0.25) is 0 Å². The molecule has 34 heavy (non-hydrogen) atoms. The third-order valence-electron chi connectivity index (χ3n) is 5.31. The van der Waals surface area contributed by atoms with Crippen LogP contribution in [0.4, 0.5) is 10.6 Å². The van der Waals surface area contributed by atoms with Crippen molar-refractivity contribution in [1.82, 2.24) is 19.6 Å². The SMILES string of the molecule is CC(C)c1cnn2c(N(C(=O)OC(C)(C)C)C(C)([SiH3])c3nc4cc(Cl)ccc4s3)cc(Cl)nc12. The lowest BCUT2D eigenvalue weighted by atomic mass is 10.1. The van der Waals surface area contributed by atoms with Crippen molar-refractivity contribution < 1.29 is 9.53 Å². The lowest BCUT2D eigenvalue weighted by Crippen LogP contribution is -2.51. The van der Waals surface area contributed by atoms with Crippen molar-refractivity contribution in [1.29, 1.82) is 0 Å². The van der Waals surface area contributed by atoms with Crippen LogP contribution < -0.4 is 4.90 Å². The van der Waals surface area contributed by atoms with E-state index in [2.05, 4.69) is 23.9 Å².